The molecule has 0 unspecified atom stereocenters. The third-order valence-electron chi connectivity index (χ3n) is 2.08. The Kier molecular flexibility index (Phi) is 3.39. The molecule has 0 radical (unpaired) electrons. The Morgan fingerprint density at radius 2 is 2.00 bits per heavy atom. The van der Waals surface area contributed by atoms with Crippen LogP contribution in [0.4, 0.5) is 21.7 Å². The second-order valence-corrected chi connectivity index (χ2v) is 3.70. The fourth-order valence-corrected chi connectivity index (χ4v) is 1.39. The SMILES string of the molecule is CNc1cncc(Nc2ccc(Cl)c(F)c2)n1. The third kappa shape index (κ3) is 2.82. The fraction of sp³-hybridized carbons (Fsp3) is 0.0909. The van der Waals surface area contributed by atoms with Crippen molar-refractivity contribution in [2.45, 2.75) is 0 Å². The summed E-state index contributed by atoms with van der Waals surface area (Å²) in [6.07, 6.45) is 3.14. The molecule has 0 aliphatic carbocycles. The van der Waals surface area contributed by atoms with Crippen molar-refractivity contribution in [3.8, 4) is 0 Å². The highest BCUT2D eigenvalue weighted by Crippen LogP contribution is 2.21. The van der Waals surface area contributed by atoms with Gasteiger partial charge < -0.3 is 10.6 Å². The van der Waals surface area contributed by atoms with Crippen LogP contribution < -0.4 is 10.6 Å². The molecule has 88 valence electrons. The first-order chi connectivity index (χ1) is 8.19. The zero-order chi connectivity index (χ0) is 12.3. The monoisotopic (exact) mass is 252 g/mol. The maximum atomic E-state index is 13.2. The summed E-state index contributed by atoms with van der Waals surface area (Å²) in [7, 11) is 1.75. The molecule has 0 saturated heterocycles. The minimum absolute atomic E-state index is 0.0885. The molecule has 0 fully saturated rings. The van der Waals surface area contributed by atoms with Gasteiger partial charge in [0, 0.05) is 12.7 Å². The van der Waals surface area contributed by atoms with Crippen molar-refractivity contribution in [2.24, 2.45) is 0 Å². The van der Waals surface area contributed by atoms with Crippen molar-refractivity contribution in [1.29, 1.82) is 0 Å². The van der Waals surface area contributed by atoms with E-state index in [2.05, 4.69) is 20.6 Å². The number of nitrogens with one attached hydrogen (secondary N) is 2. The first kappa shape index (κ1) is 11.6. The molecule has 2 N–H and O–H groups in total. The molecule has 2 rings (SSSR count). The van der Waals surface area contributed by atoms with Crippen molar-refractivity contribution >= 4 is 28.9 Å². The number of aromatic nitrogens is 2. The summed E-state index contributed by atoms with van der Waals surface area (Å²) in [5.74, 6) is 0.678. The Morgan fingerprint density at radius 3 is 2.71 bits per heavy atom. The molecule has 0 amide bonds. The van der Waals surface area contributed by atoms with Crippen molar-refractivity contribution < 1.29 is 4.39 Å². The van der Waals surface area contributed by atoms with Crippen LogP contribution in [0.15, 0.2) is 30.6 Å². The Hall–Kier alpha value is -1.88. The lowest BCUT2D eigenvalue weighted by Gasteiger charge is -2.07. The molecule has 0 bridgehead atoms. The van der Waals surface area contributed by atoms with Gasteiger partial charge in [0.15, 0.2) is 5.82 Å². The summed E-state index contributed by atoms with van der Waals surface area (Å²) in [4.78, 5) is 8.18. The molecule has 1 aromatic heterocycles. The maximum Gasteiger partial charge on any atom is 0.151 e. The molecule has 0 spiro atoms. The van der Waals surface area contributed by atoms with E-state index in [4.69, 9.17) is 11.6 Å². The van der Waals surface area contributed by atoms with E-state index in [0.717, 1.165) is 0 Å². The molecule has 0 atom stereocenters. The number of halogens is 2. The van der Waals surface area contributed by atoms with E-state index in [1.165, 1.54) is 12.1 Å². The lowest BCUT2D eigenvalue weighted by Crippen LogP contribution is -1.99. The largest absolute Gasteiger partial charge is 0.372 e. The second-order valence-electron chi connectivity index (χ2n) is 3.29. The van der Waals surface area contributed by atoms with E-state index in [9.17, 15) is 4.39 Å². The highest BCUT2D eigenvalue weighted by Gasteiger charge is 2.02. The summed E-state index contributed by atoms with van der Waals surface area (Å²) in [6.45, 7) is 0. The zero-order valence-corrected chi connectivity index (χ0v) is 9.79. The Labute approximate surface area is 103 Å². The Bertz CT molecular complexity index is 533. The van der Waals surface area contributed by atoms with E-state index >= 15 is 0 Å². The lowest BCUT2D eigenvalue weighted by atomic mass is 10.3. The van der Waals surface area contributed by atoms with E-state index in [-0.39, 0.29) is 5.02 Å². The molecule has 2 aromatic rings. The number of nitrogens with zero attached hydrogens (tertiary/aromatic N) is 2. The van der Waals surface area contributed by atoms with Gasteiger partial charge in [0.25, 0.3) is 0 Å². The van der Waals surface area contributed by atoms with Crippen LogP contribution in [-0.2, 0) is 0 Å². The third-order valence-corrected chi connectivity index (χ3v) is 2.39. The Morgan fingerprint density at radius 1 is 1.24 bits per heavy atom. The van der Waals surface area contributed by atoms with Crippen LogP contribution in [0.3, 0.4) is 0 Å². The summed E-state index contributed by atoms with van der Waals surface area (Å²) in [5, 5.41) is 5.89. The van der Waals surface area contributed by atoms with E-state index in [1.807, 2.05) is 0 Å². The van der Waals surface area contributed by atoms with Gasteiger partial charge in [0.05, 0.1) is 17.4 Å². The minimum Gasteiger partial charge on any atom is -0.372 e. The van der Waals surface area contributed by atoms with Crippen molar-refractivity contribution in [2.75, 3.05) is 17.7 Å². The molecular formula is C11H10ClFN4. The van der Waals surface area contributed by atoms with Crippen molar-refractivity contribution in [3.05, 3.63) is 41.4 Å². The van der Waals surface area contributed by atoms with Crippen LogP contribution in [0.25, 0.3) is 0 Å². The van der Waals surface area contributed by atoms with Gasteiger partial charge in [-0.05, 0) is 18.2 Å². The van der Waals surface area contributed by atoms with E-state index in [1.54, 1.807) is 25.5 Å². The lowest BCUT2D eigenvalue weighted by molar-refractivity contribution is 0.629. The average molecular weight is 253 g/mol. The maximum absolute atomic E-state index is 13.2. The molecule has 6 heteroatoms. The molecule has 1 heterocycles. The van der Waals surface area contributed by atoms with Crippen LogP contribution in [0, 0.1) is 5.82 Å². The van der Waals surface area contributed by atoms with Gasteiger partial charge in [-0.15, -0.1) is 0 Å². The molecule has 4 nitrogen and oxygen atoms in total. The summed E-state index contributed by atoms with van der Waals surface area (Å²) < 4.78 is 13.2. The van der Waals surface area contributed by atoms with Gasteiger partial charge in [0.1, 0.15) is 11.6 Å². The quantitative estimate of drug-likeness (QED) is 0.882. The first-order valence-electron chi connectivity index (χ1n) is 4.91. The van der Waals surface area contributed by atoms with Crippen LogP contribution in [-0.4, -0.2) is 17.0 Å². The van der Waals surface area contributed by atoms with Crippen LogP contribution in [0.5, 0.6) is 0 Å². The molecule has 0 saturated carbocycles. The van der Waals surface area contributed by atoms with Gasteiger partial charge in [-0.1, -0.05) is 11.6 Å². The number of benzene rings is 1. The average Bonchev–Trinajstić information content (AvgIpc) is 2.34. The molecule has 17 heavy (non-hydrogen) atoms. The van der Waals surface area contributed by atoms with Gasteiger partial charge >= 0.3 is 0 Å². The normalized spacial score (nSPS) is 10.1. The van der Waals surface area contributed by atoms with Gasteiger partial charge in [0.2, 0.25) is 0 Å². The number of hydrogen-bond acceptors (Lipinski definition) is 4. The highest BCUT2D eigenvalue weighted by molar-refractivity contribution is 6.30. The van der Waals surface area contributed by atoms with Crippen LogP contribution in [0.1, 0.15) is 0 Å². The standard InChI is InChI=1S/C11H10ClFN4/c1-14-10-5-15-6-11(17-10)16-7-2-3-8(12)9(13)4-7/h2-6H,1H3,(H2,14,16,17). The molecule has 0 aliphatic rings. The van der Waals surface area contributed by atoms with Gasteiger partial charge in [-0.2, -0.15) is 0 Å². The number of anilines is 3. The van der Waals surface area contributed by atoms with Gasteiger partial charge in [-0.3, -0.25) is 4.98 Å². The summed E-state index contributed by atoms with van der Waals surface area (Å²) in [6, 6.07) is 4.45. The predicted molar refractivity (Wildman–Crippen MR) is 66.3 cm³/mol. The molecule has 0 aliphatic heterocycles. The summed E-state index contributed by atoms with van der Waals surface area (Å²) in [5.41, 5.74) is 0.564. The molecular weight excluding hydrogens is 243 g/mol. The van der Waals surface area contributed by atoms with E-state index < -0.39 is 5.82 Å². The number of rotatable bonds is 3. The fourth-order valence-electron chi connectivity index (χ4n) is 1.27. The summed E-state index contributed by atoms with van der Waals surface area (Å²) >= 11 is 5.59. The zero-order valence-electron chi connectivity index (χ0n) is 9.04. The topological polar surface area (TPSA) is 49.8 Å². The highest BCUT2D eigenvalue weighted by atomic mass is 35.5. The van der Waals surface area contributed by atoms with Gasteiger partial charge in [-0.25, -0.2) is 9.37 Å². The minimum atomic E-state index is -0.477. The molecule has 1 aromatic carbocycles. The number of hydrogen-bond donors (Lipinski definition) is 2. The van der Waals surface area contributed by atoms with Crippen LogP contribution >= 0.6 is 11.6 Å². The van der Waals surface area contributed by atoms with Crippen molar-refractivity contribution in [1.82, 2.24) is 9.97 Å². The van der Waals surface area contributed by atoms with E-state index in [0.29, 0.717) is 17.3 Å². The first-order valence-corrected chi connectivity index (χ1v) is 5.28. The predicted octanol–water partition coefficient (Wildman–Crippen LogP) is 3.05. The Balaban J connectivity index is 2.22. The van der Waals surface area contributed by atoms with Crippen molar-refractivity contribution in [3.63, 3.8) is 0 Å². The second kappa shape index (κ2) is 4.97. The smallest absolute Gasteiger partial charge is 0.151 e. The van der Waals surface area contributed by atoms with Crippen LogP contribution in [0.2, 0.25) is 5.02 Å².